The van der Waals surface area contributed by atoms with Gasteiger partial charge in [-0.25, -0.2) is 0 Å². The van der Waals surface area contributed by atoms with Gasteiger partial charge in [0.05, 0.1) is 11.4 Å². The molecule has 0 radical (unpaired) electrons. The minimum Gasteiger partial charge on any atom is -0.491 e. The summed E-state index contributed by atoms with van der Waals surface area (Å²) in [5.74, 6) is -0.118. The van der Waals surface area contributed by atoms with E-state index in [4.69, 9.17) is 21.4 Å². The van der Waals surface area contributed by atoms with E-state index in [0.717, 1.165) is 5.56 Å². The van der Waals surface area contributed by atoms with Crippen LogP contribution in [0.2, 0.25) is 5.02 Å². The summed E-state index contributed by atoms with van der Waals surface area (Å²) in [5, 5.41) is 9.15. The third-order valence-electron chi connectivity index (χ3n) is 2.52. The zero-order valence-corrected chi connectivity index (χ0v) is 11.4. The van der Waals surface area contributed by atoms with Gasteiger partial charge in [-0.3, -0.25) is 4.79 Å². The molecule has 1 aromatic rings. The van der Waals surface area contributed by atoms with E-state index in [-0.39, 0.29) is 6.42 Å². The lowest BCUT2D eigenvalue weighted by Crippen LogP contribution is -2.26. The first-order valence-electron chi connectivity index (χ1n) is 5.78. The Morgan fingerprint density at radius 2 is 2.17 bits per heavy atom. The first-order chi connectivity index (χ1) is 8.49. The van der Waals surface area contributed by atoms with Gasteiger partial charge in [0, 0.05) is 13.1 Å². The molecular formula is C13H18ClNO3. The van der Waals surface area contributed by atoms with Crippen molar-refractivity contribution >= 4 is 17.6 Å². The van der Waals surface area contributed by atoms with Crippen LogP contribution in [0.4, 0.5) is 0 Å². The van der Waals surface area contributed by atoms with Crippen LogP contribution in [0, 0.1) is 6.92 Å². The summed E-state index contributed by atoms with van der Waals surface area (Å²) < 4.78 is 5.57. The highest BCUT2D eigenvalue weighted by atomic mass is 35.5. The maximum Gasteiger partial charge on any atom is 0.304 e. The molecule has 4 nitrogen and oxygen atoms in total. The highest BCUT2D eigenvalue weighted by Gasteiger charge is 2.04. The number of halogens is 1. The maximum absolute atomic E-state index is 10.4. The number of aryl methyl sites for hydroxylation is 1. The molecule has 0 spiro atoms. The van der Waals surface area contributed by atoms with Crippen LogP contribution >= 0.6 is 11.6 Å². The van der Waals surface area contributed by atoms with E-state index in [2.05, 4.69) is 0 Å². The van der Waals surface area contributed by atoms with Gasteiger partial charge in [-0.1, -0.05) is 17.7 Å². The fourth-order valence-electron chi connectivity index (χ4n) is 1.43. The second-order valence-corrected chi connectivity index (χ2v) is 4.64. The Hall–Kier alpha value is -1.26. The number of carbonyl (C=O) groups is 1. The van der Waals surface area contributed by atoms with Crippen molar-refractivity contribution in [2.45, 2.75) is 13.3 Å². The number of hydrogen-bond donors (Lipinski definition) is 1. The number of carboxylic acid groups (broad SMARTS) is 1. The number of hydrogen-bond acceptors (Lipinski definition) is 3. The van der Waals surface area contributed by atoms with Gasteiger partial charge in [0.1, 0.15) is 12.4 Å². The van der Waals surface area contributed by atoms with E-state index < -0.39 is 5.97 Å². The van der Waals surface area contributed by atoms with Crippen molar-refractivity contribution in [2.24, 2.45) is 0 Å². The lowest BCUT2D eigenvalue weighted by atomic mass is 10.2. The average molecular weight is 272 g/mol. The third-order valence-corrected chi connectivity index (χ3v) is 2.84. The highest BCUT2D eigenvalue weighted by molar-refractivity contribution is 6.32. The molecule has 0 aromatic heterocycles. The summed E-state index contributed by atoms with van der Waals surface area (Å²) in [7, 11) is 1.87. The highest BCUT2D eigenvalue weighted by Crippen LogP contribution is 2.24. The predicted molar refractivity (Wildman–Crippen MR) is 71.4 cm³/mol. The molecular weight excluding hydrogens is 254 g/mol. The molecule has 0 atom stereocenters. The molecule has 0 unspecified atom stereocenters. The molecule has 0 aliphatic carbocycles. The maximum atomic E-state index is 10.4. The van der Waals surface area contributed by atoms with Crippen LogP contribution in [0.3, 0.4) is 0 Å². The first kappa shape index (κ1) is 14.8. The molecule has 1 aromatic carbocycles. The van der Waals surface area contributed by atoms with Crippen LogP contribution in [0.5, 0.6) is 5.75 Å². The molecule has 100 valence electrons. The summed E-state index contributed by atoms with van der Waals surface area (Å²) >= 11 is 6.00. The molecule has 0 aliphatic rings. The quantitative estimate of drug-likeness (QED) is 0.828. The number of carboxylic acids is 1. The van der Waals surface area contributed by atoms with Gasteiger partial charge in [0.15, 0.2) is 0 Å². The molecule has 5 heteroatoms. The summed E-state index contributed by atoms with van der Waals surface area (Å²) in [6.07, 6.45) is 0.141. The smallest absolute Gasteiger partial charge is 0.304 e. The SMILES string of the molecule is Cc1ccc(Cl)c(OCCN(C)CCC(=O)O)c1. The molecule has 1 N–H and O–H groups in total. The number of aliphatic carboxylic acids is 1. The molecule has 0 heterocycles. The van der Waals surface area contributed by atoms with Crippen molar-refractivity contribution in [1.82, 2.24) is 4.90 Å². The molecule has 18 heavy (non-hydrogen) atoms. The zero-order chi connectivity index (χ0) is 13.5. The van der Waals surface area contributed by atoms with Gasteiger partial charge in [-0.15, -0.1) is 0 Å². The topological polar surface area (TPSA) is 49.8 Å². The van der Waals surface area contributed by atoms with Crippen LogP contribution in [0.1, 0.15) is 12.0 Å². The fourth-order valence-corrected chi connectivity index (χ4v) is 1.60. The normalized spacial score (nSPS) is 10.7. The average Bonchev–Trinajstić information content (AvgIpc) is 2.31. The van der Waals surface area contributed by atoms with Gasteiger partial charge in [-0.05, 0) is 31.7 Å². The van der Waals surface area contributed by atoms with Crippen molar-refractivity contribution in [2.75, 3.05) is 26.7 Å². The molecule has 0 bridgehead atoms. The molecule has 0 amide bonds. The predicted octanol–water partition coefficient (Wildman–Crippen LogP) is 2.43. The number of nitrogens with zero attached hydrogens (tertiary/aromatic N) is 1. The van der Waals surface area contributed by atoms with E-state index in [1.54, 1.807) is 6.07 Å². The Kier molecular flexibility index (Phi) is 5.95. The Balaban J connectivity index is 2.32. The Morgan fingerprint density at radius 1 is 1.44 bits per heavy atom. The summed E-state index contributed by atoms with van der Waals surface area (Å²) in [6.45, 7) is 3.64. The second kappa shape index (κ2) is 7.24. The monoisotopic (exact) mass is 271 g/mol. The van der Waals surface area contributed by atoms with Gasteiger partial charge in [-0.2, -0.15) is 0 Å². The largest absolute Gasteiger partial charge is 0.491 e. The van der Waals surface area contributed by atoms with E-state index >= 15 is 0 Å². The Morgan fingerprint density at radius 3 is 2.83 bits per heavy atom. The van der Waals surface area contributed by atoms with Gasteiger partial charge in [0.25, 0.3) is 0 Å². The van der Waals surface area contributed by atoms with E-state index in [9.17, 15) is 4.79 Å². The lowest BCUT2D eigenvalue weighted by Gasteiger charge is -2.16. The van der Waals surface area contributed by atoms with Crippen molar-refractivity contribution < 1.29 is 14.6 Å². The number of rotatable bonds is 7. The second-order valence-electron chi connectivity index (χ2n) is 4.23. The van der Waals surface area contributed by atoms with Gasteiger partial charge >= 0.3 is 5.97 Å². The number of likely N-dealkylation sites (N-methyl/N-ethyl adjacent to an activating group) is 1. The Labute approximate surface area is 112 Å². The molecule has 0 saturated carbocycles. The number of ether oxygens (including phenoxy) is 1. The van der Waals surface area contributed by atoms with Crippen molar-refractivity contribution in [3.8, 4) is 5.75 Å². The van der Waals surface area contributed by atoms with Crippen molar-refractivity contribution in [3.05, 3.63) is 28.8 Å². The van der Waals surface area contributed by atoms with Crippen LogP contribution in [0.25, 0.3) is 0 Å². The summed E-state index contributed by atoms with van der Waals surface area (Å²) in [5.41, 5.74) is 1.09. The van der Waals surface area contributed by atoms with Crippen LogP contribution in [-0.2, 0) is 4.79 Å². The van der Waals surface area contributed by atoms with Crippen molar-refractivity contribution in [1.29, 1.82) is 0 Å². The van der Waals surface area contributed by atoms with E-state index in [1.165, 1.54) is 0 Å². The standard InChI is InChI=1S/C13H18ClNO3/c1-10-3-4-11(14)12(9-10)18-8-7-15(2)6-5-13(16)17/h3-4,9H,5-8H2,1-2H3,(H,16,17). The van der Waals surface area contributed by atoms with E-state index in [0.29, 0.717) is 30.5 Å². The van der Waals surface area contributed by atoms with Crippen LogP contribution in [-0.4, -0.2) is 42.7 Å². The fraction of sp³-hybridized carbons (Fsp3) is 0.462. The van der Waals surface area contributed by atoms with Gasteiger partial charge < -0.3 is 14.7 Å². The van der Waals surface area contributed by atoms with Crippen LogP contribution in [0.15, 0.2) is 18.2 Å². The number of benzene rings is 1. The molecule has 0 fully saturated rings. The van der Waals surface area contributed by atoms with Crippen LogP contribution < -0.4 is 4.74 Å². The minimum atomic E-state index is -0.788. The van der Waals surface area contributed by atoms with Crippen molar-refractivity contribution in [3.63, 3.8) is 0 Å². The first-order valence-corrected chi connectivity index (χ1v) is 6.16. The third kappa shape index (κ3) is 5.38. The molecule has 0 aliphatic heterocycles. The minimum absolute atomic E-state index is 0.141. The van der Waals surface area contributed by atoms with Gasteiger partial charge in [0.2, 0.25) is 0 Å². The zero-order valence-electron chi connectivity index (χ0n) is 10.6. The summed E-state index contributed by atoms with van der Waals surface area (Å²) in [4.78, 5) is 12.3. The Bertz CT molecular complexity index is 409. The molecule has 0 saturated heterocycles. The molecule has 1 rings (SSSR count). The summed E-state index contributed by atoms with van der Waals surface area (Å²) in [6, 6.07) is 5.62. The lowest BCUT2D eigenvalue weighted by molar-refractivity contribution is -0.137. The van der Waals surface area contributed by atoms with E-state index in [1.807, 2.05) is 31.0 Å².